The standard InChI is InChI=1S/C13H14FN3O2S/c1-17(9-10-3-2-6-16-8-10)20(18,19)11-4-5-13(15)12(14)7-11/h2-8H,9,15H2,1H3. The molecule has 2 rings (SSSR count). The number of nitrogens with two attached hydrogens (primary N) is 1. The van der Waals surface area contributed by atoms with E-state index in [1.165, 1.54) is 19.2 Å². The molecular formula is C13H14FN3O2S. The molecule has 1 aromatic heterocycles. The van der Waals surface area contributed by atoms with Gasteiger partial charge in [0.15, 0.2) is 0 Å². The van der Waals surface area contributed by atoms with E-state index in [2.05, 4.69) is 4.98 Å². The summed E-state index contributed by atoms with van der Waals surface area (Å²) in [4.78, 5) is 3.79. The molecule has 1 heterocycles. The monoisotopic (exact) mass is 295 g/mol. The number of hydrogen-bond acceptors (Lipinski definition) is 4. The number of nitrogen functional groups attached to an aromatic ring is 1. The van der Waals surface area contributed by atoms with E-state index < -0.39 is 15.8 Å². The third kappa shape index (κ3) is 2.94. The number of anilines is 1. The van der Waals surface area contributed by atoms with E-state index in [1.54, 1.807) is 24.5 Å². The number of halogens is 1. The van der Waals surface area contributed by atoms with Gasteiger partial charge in [-0.1, -0.05) is 6.07 Å². The predicted octanol–water partition coefficient (Wildman–Crippen LogP) is 1.62. The topological polar surface area (TPSA) is 76.3 Å². The lowest BCUT2D eigenvalue weighted by atomic mass is 10.3. The first-order chi connectivity index (χ1) is 9.41. The van der Waals surface area contributed by atoms with Gasteiger partial charge in [0.1, 0.15) is 5.82 Å². The first kappa shape index (κ1) is 14.4. The molecule has 0 aliphatic carbocycles. The van der Waals surface area contributed by atoms with Crippen LogP contribution in [0.4, 0.5) is 10.1 Å². The first-order valence-corrected chi connectivity index (χ1v) is 7.25. The first-order valence-electron chi connectivity index (χ1n) is 5.81. The van der Waals surface area contributed by atoms with Gasteiger partial charge < -0.3 is 5.73 Å². The van der Waals surface area contributed by atoms with Gasteiger partial charge in [-0.05, 0) is 29.8 Å². The molecule has 0 amide bonds. The molecule has 0 aliphatic heterocycles. The van der Waals surface area contributed by atoms with Crippen LogP contribution in [0.5, 0.6) is 0 Å². The fourth-order valence-corrected chi connectivity index (χ4v) is 2.85. The van der Waals surface area contributed by atoms with E-state index >= 15 is 0 Å². The Hall–Kier alpha value is -1.99. The second kappa shape index (κ2) is 5.56. The summed E-state index contributed by atoms with van der Waals surface area (Å²) in [6.45, 7) is 0.155. The van der Waals surface area contributed by atoms with Crippen LogP contribution in [0.15, 0.2) is 47.6 Å². The van der Waals surface area contributed by atoms with Crippen molar-refractivity contribution in [2.75, 3.05) is 12.8 Å². The molecule has 20 heavy (non-hydrogen) atoms. The summed E-state index contributed by atoms with van der Waals surface area (Å²) in [6, 6.07) is 6.93. The number of rotatable bonds is 4. The number of sulfonamides is 1. The van der Waals surface area contributed by atoms with Crippen LogP contribution in [0.2, 0.25) is 0 Å². The quantitative estimate of drug-likeness (QED) is 0.870. The minimum Gasteiger partial charge on any atom is -0.396 e. The number of nitrogens with zero attached hydrogens (tertiary/aromatic N) is 2. The zero-order valence-electron chi connectivity index (χ0n) is 10.8. The van der Waals surface area contributed by atoms with Gasteiger partial charge in [-0.15, -0.1) is 0 Å². The average molecular weight is 295 g/mol. The largest absolute Gasteiger partial charge is 0.396 e. The maximum Gasteiger partial charge on any atom is 0.243 e. The number of benzene rings is 1. The van der Waals surface area contributed by atoms with Crippen LogP contribution in [0.25, 0.3) is 0 Å². The van der Waals surface area contributed by atoms with Crippen LogP contribution in [-0.4, -0.2) is 24.8 Å². The highest BCUT2D eigenvalue weighted by atomic mass is 32.2. The molecule has 106 valence electrons. The molecule has 0 bridgehead atoms. The Bertz CT molecular complexity index is 705. The zero-order valence-corrected chi connectivity index (χ0v) is 11.6. The van der Waals surface area contributed by atoms with E-state index in [0.717, 1.165) is 15.9 Å². The van der Waals surface area contributed by atoms with Crippen molar-refractivity contribution in [2.24, 2.45) is 0 Å². The van der Waals surface area contributed by atoms with E-state index in [-0.39, 0.29) is 17.1 Å². The lowest BCUT2D eigenvalue weighted by molar-refractivity contribution is 0.465. The third-order valence-corrected chi connectivity index (χ3v) is 4.61. The van der Waals surface area contributed by atoms with Crippen LogP contribution in [0.1, 0.15) is 5.56 Å². The molecular weight excluding hydrogens is 281 g/mol. The smallest absolute Gasteiger partial charge is 0.243 e. The van der Waals surface area contributed by atoms with Crippen molar-refractivity contribution in [3.63, 3.8) is 0 Å². The Balaban J connectivity index is 2.27. The molecule has 2 N–H and O–H groups in total. The molecule has 0 saturated carbocycles. The fourth-order valence-electron chi connectivity index (χ4n) is 1.68. The Morgan fingerprint density at radius 3 is 2.70 bits per heavy atom. The summed E-state index contributed by atoms with van der Waals surface area (Å²) in [5.74, 6) is -0.749. The summed E-state index contributed by atoms with van der Waals surface area (Å²) in [6.07, 6.45) is 3.18. The Kier molecular flexibility index (Phi) is 4.01. The molecule has 0 fully saturated rings. The highest BCUT2D eigenvalue weighted by Gasteiger charge is 2.22. The molecule has 0 spiro atoms. The fraction of sp³-hybridized carbons (Fsp3) is 0.154. The van der Waals surface area contributed by atoms with E-state index in [9.17, 15) is 12.8 Å². The highest BCUT2D eigenvalue weighted by Crippen LogP contribution is 2.20. The Morgan fingerprint density at radius 2 is 2.10 bits per heavy atom. The minimum atomic E-state index is -3.77. The number of hydrogen-bond donors (Lipinski definition) is 1. The van der Waals surface area contributed by atoms with Gasteiger partial charge >= 0.3 is 0 Å². The van der Waals surface area contributed by atoms with Crippen molar-refractivity contribution in [3.8, 4) is 0 Å². The van der Waals surface area contributed by atoms with Crippen molar-refractivity contribution in [2.45, 2.75) is 11.4 Å². The highest BCUT2D eigenvalue weighted by molar-refractivity contribution is 7.89. The summed E-state index contributed by atoms with van der Waals surface area (Å²) >= 11 is 0. The van der Waals surface area contributed by atoms with Crippen LogP contribution in [0.3, 0.4) is 0 Å². The second-order valence-corrected chi connectivity index (χ2v) is 6.35. The van der Waals surface area contributed by atoms with E-state index in [1.807, 2.05) is 0 Å². The molecule has 7 heteroatoms. The summed E-state index contributed by atoms with van der Waals surface area (Å²) < 4.78 is 39.1. The predicted molar refractivity (Wildman–Crippen MR) is 73.7 cm³/mol. The minimum absolute atomic E-state index is 0.0844. The molecule has 0 unspecified atom stereocenters. The van der Waals surface area contributed by atoms with Crippen molar-refractivity contribution in [1.82, 2.24) is 9.29 Å². The van der Waals surface area contributed by atoms with Gasteiger partial charge in [0, 0.05) is 26.0 Å². The van der Waals surface area contributed by atoms with Crippen molar-refractivity contribution >= 4 is 15.7 Å². The molecule has 0 aliphatic rings. The molecule has 5 nitrogen and oxygen atoms in total. The second-order valence-electron chi connectivity index (χ2n) is 4.31. The van der Waals surface area contributed by atoms with E-state index in [4.69, 9.17) is 5.73 Å². The Morgan fingerprint density at radius 1 is 1.35 bits per heavy atom. The maximum atomic E-state index is 13.4. The average Bonchev–Trinajstić information content (AvgIpc) is 2.42. The van der Waals surface area contributed by atoms with Crippen molar-refractivity contribution in [3.05, 3.63) is 54.1 Å². The SMILES string of the molecule is CN(Cc1cccnc1)S(=O)(=O)c1ccc(N)c(F)c1. The van der Waals surface area contributed by atoms with Gasteiger partial charge in [0.2, 0.25) is 10.0 Å². The zero-order chi connectivity index (χ0) is 14.8. The van der Waals surface area contributed by atoms with Crippen LogP contribution >= 0.6 is 0 Å². The van der Waals surface area contributed by atoms with Gasteiger partial charge in [-0.2, -0.15) is 4.31 Å². The lowest BCUT2D eigenvalue weighted by Crippen LogP contribution is -2.26. The summed E-state index contributed by atoms with van der Waals surface area (Å²) in [5.41, 5.74) is 6.00. The Labute approximate surface area is 116 Å². The van der Waals surface area contributed by atoms with Crippen LogP contribution < -0.4 is 5.73 Å². The molecule has 0 radical (unpaired) electrons. The molecule has 0 saturated heterocycles. The van der Waals surface area contributed by atoms with Crippen LogP contribution in [0, 0.1) is 5.82 Å². The van der Waals surface area contributed by atoms with Crippen molar-refractivity contribution in [1.29, 1.82) is 0 Å². The molecule has 0 atom stereocenters. The van der Waals surface area contributed by atoms with Gasteiger partial charge in [-0.25, -0.2) is 12.8 Å². The maximum absolute atomic E-state index is 13.4. The third-order valence-electron chi connectivity index (χ3n) is 2.81. The number of aromatic nitrogens is 1. The van der Waals surface area contributed by atoms with Gasteiger partial charge in [0.05, 0.1) is 10.6 Å². The summed E-state index contributed by atoms with van der Waals surface area (Å²) in [7, 11) is -2.34. The molecule has 2 aromatic rings. The molecule has 1 aromatic carbocycles. The normalized spacial score (nSPS) is 11.8. The summed E-state index contributed by atoms with van der Waals surface area (Å²) in [5, 5.41) is 0. The van der Waals surface area contributed by atoms with Crippen molar-refractivity contribution < 1.29 is 12.8 Å². The van der Waals surface area contributed by atoms with Gasteiger partial charge in [-0.3, -0.25) is 4.98 Å². The van der Waals surface area contributed by atoms with Crippen LogP contribution in [-0.2, 0) is 16.6 Å². The number of pyridine rings is 1. The van der Waals surface area contributed by atoms with Gasteiger partial charge in [0.25, 0.3) is 0 Å². The lowest BCUT2D eigenvalue weighted by Gasteiger charge is -2.17. The van der Waals surface area contributed by atoms with E-state index in [0.29, 0.717) is 0 Å².